The second kappa shape index (κ2) is 16.9. The number of hydrogen-bond acceptors (Lipinski definition) is 7. The van der Waals surface area contributed by atoms with Gasteiger partial charge in [-0.05, 0) is 0 Å². The van der Waals surface area contributed by atoms with Crippen LogP contribution in [-0.2, 0) is 0 Å². The number of urea groups is 1. The standard InChI is InChI=1S/CH4N2O.2NO3.Pb/c3*2-1(3)4;/h(H4,2,3,4);;;/q;2*-1;+2. The maximum atomic E-state index is 9.00. The third kappa shape index (κ3) is 394. The molecule has 0 aromatic heterocycles. The average Bonchev–Trinajstić information content (AvgIpc) is 1.54. The minimum absolute atomic E-state index is 0. The number of nitrogens with zero attached hydrogens (tertiary/aromatic N) is 2. The Kier molecular flexibility index (Phi) is 29.3. The van der Waals surface area contributed by atoms with Crippen molar-refractivity contribution in [1.82, 2.24) is 0 Å². The van der Waals surface area contributed by atoms with Crippen molar-refractivity contribution >= 4 is 33.3 Å². The monoisotopic (exact) mass is 392 g/mol. The zero-order chi connectivity index (χ0) is 10.7. The molecular formula is CH4N4O7Pb. The molecule has 0 saturated carbocycles. The van der Waals surface area contributed by atoms with Gasteiger partial charge in [0, 0.05) is 0 Å². The molecular weight excluding hydrogens is 387 g/mol. The van der Waals surface area contributed by atoms with Crippen LogP contribution in [0, 0.1) is 30.6 Å². The summed E-state index contributed by atoms with van der Waals surface area (Å²) in [6.45, 7) is 0. The number of carbonyl (C=O) groups is 1. The summed E-state index contributed by atoms with van der Waals surface area (Å²) in [6.07, 6.45) is 0. The molecule has 0 aliphatic rings. The molecule has 0 aromatic carbocycles. The summed E-state index contributed by atoms with van der Waals surface area (Å²) in [6, 6.07) is -0.833. The van der Waals surface area contributed by atoms with E-state index in [0.29, 0.717) is 0 Å². The van der Waals surface area contributed by atoms with Gasteiger partial charge in [0.2, 0.25) is 0 Å². The fraction of sp³-hybridized carbons (Fsp3) is 0. The van der Waals surface area contributed by atoms with Crippen molar-refractivity contribution in [1.29, 1.82) is 0 Å². The molecule has 0 aliphatic heterocycles. The van der Waals surface area contributed by atoms with Crippen LogP contribution in [0.4, 0.5) is 4.79 Å². The van der Waals surface area contributed by atoms with Crippen LogP contribution in [0.1, 0.15) is 0 Å². The largest absolute Gasteiger partial charge is 2.00 e. The van der Waals surface area contributed by atoms with Gasteiger partial charge in [-0.1, -0.05) is 0 Å². The molecule has 12 heteroatoms. The van der Waals surface area contributed by atoms with Gasteiger partial charge in [-0.3, -0.25) is 0 Å². The molecule has 13 heavy (non-hydrogen) atoms. The fourth-order valence-corrected chi connectivity index (χ4v) is 0. The molecule has 0 aromatic rings. The molecule has 0 unspecified atom stereocenters. The summed E-state index contributed by atoms with van der Waals surface area (Å²) < 4.78 is 0. The Morgan fingerprint density at radius 3 is 0.923 bits per heavy atom. The van der Waals surface area contributed by atoms with E-state index in [-0.39, 0.29) is 27.3 Å². The number of rotatable bonds is 0. The Hall–Kier alpha value is -1.41. The van der Waals surface area contributed by atoms with Crippen molar-refractivity contribution in [2.75, 3.05) is 0 Å². The molecule has 11 nitrogen and oxygen atoms in total. The molecule has 0 heterocycles. The first-order chi connectivity index (χ1) is 5.20. The van der Waals surface area contributed by atoms with Gasteiger partial charge in [0.1, 0.15) is 0 Å². The first-order valence-corrected chi connectivity index (χ1v) is 1.88. The van der Waals surface area contributed by atoms with Crippen molar-refractivity contribution in [2.24, 2.45) is 11.5 Å². The molecule has 74 valence electrons. The van der Waals surface area contributed by atoms with E-state index in [2.05, 4.69) is 11.5 Å². The molecule has 2 radical (unpaired) electrons. The smallest absolute Gasteiger partial charge is 0.356 e. The zero-order valence-corrected chi connectivity index (χ0v) is 9.79. The third-order valence-corrected chi connectivity index (χ3v) is 0. The van der Waals surface area contributed by atoms with E-state index in [4.69, 9.17) is 35.4 Å². The SMILES string of the molecule is NC(N)=O.O=[N+]([O-])[O-].O=[N+]([O-])[O-].[Pb+2]. The molecule has 0 rings (SSSR count). The van der Waals surface area contributed by atoms with E-state index in [1.165, 1.54) is 0 Å². The molecule has 0 fully saturated rings. The van der Waals surface area contributed by atoms with Crippen LogP contribution < -0.4 is 11.5 Å². The van der Waals surface area contributed by atoms with Gasteiger partial charge in [-0.25, -0.2) is 4.79 Å². The maximum Gasteiger partial charge on any atom is 2.00 e. The topological polar surface area (TPSA) is 202 Å². The predicted molar refractivity (Wildman–Crippen MR) is 40.2 cm³/mol. The zero-order valence-electron chi connectivity index (χ0n) is 5.91. The summed E-state index contributed by atoms with van der Waals surface area (Å²) in [7, 11) is 0. The molecule has 0 saturated heterocycles. The van der Waals surface area contributed by atoms with E-state index >= 15 is 0 Å². The van der Waals surface area contributed by atoms with E-state index in [0.717, 1.165) is 0 Å². The minimum Gasteiger partial charge on any atom is -0.356 e. The number of amides is 2. The van der Waals surface area contributed by atoms with E-state index < -0.39 is 16.2 Å². The Labute approximate surface area is 90.7 Å². The van der Waals surface area contributed by atoms with Gasteiger partial charge in [0.05, 0.1) is 10.2 Å². The molecule has 0 aliphatic carbocycles. The van der Waals surface area contributed by atoms with E-state index in [1.54, 1.807) is 0 Å². The molecule has 2 amide bonds. The van der Waals surface area contributed by atoms with Gasteiger partial charge in [-0.2, -0.15) is 0 Å². The van der Waals surface area contributed by atoms with Gasteiger partial charge < -0.3 is 42.1 Å². The normalized spacial score (nSPS) is 5.54. The Bertz CT molecular complexity index is 118. The number of carbonyl (C=O) groups excluding carboxylic acids is 1. The fourth-order valence-electron chi connectivity index (χ4n) is 0. The first kappa shape index (κ1) is 22.6. The predicted octanol–water partition coefficient (Wildman–Crippen LogP) is -1.84. The van der Waals surface area contributed by atoms with Crippen LogP contribution in [0.3, 0.4) is 0 Å². The summed E-state index contributed by atoms with van der Waals surface area (Å²) >= 11 is 0. The number of primary amides is 2. The van der Waals surface area contributed by atoms with Crippen molar-refractivity contribution in [3.63, 3.8) is 0 Å². The maximum absolute atomic E-state index is 9.00. The molecule has 4 N–H and O–H groups in total. The summed E-state index contributed by atoms with van der Waals surface area (Å²) in [4.78, 5) is 25.5. The van der Waals surface area contributed by atoms with E-state index in [9.17, 15) is 0 Å². The first-order valence-electron chi connectivity index (χ1n) is 1.88. The van der Waals surface area contributed by atoms with Crippen LogP contribution in [0.15, 0.2) is 0 Å². The Morgan fingerprint density at radius 1 is 0.923 bits per heavy atom. The second-order valence-corrected chi connectivity index (χ2v) is 0.850. The van der Waals surface area contributed by atoms with Crippen molar-refractivity contribution in [2.45, 2.75) is 0 Å². The van der Waals surface area contributed by atoms with Crippen LogP contribution in [-0.4, -0.2) is 43.5 Å². The molecule has 0 bridgehead atoms. The molecule has 0 spiro atoms. The van der Waals surface area contributed by atoms with Gasteiger partial charge in [0.15, 0.2) is 0 Å². The van der Waals surface area contributed by atoms with Gasteiger partial charge >= 0.3 is 33.3 Å². The Morgan fingerprint density at radius 2 is 0.923 bits per heavy atom. The minimum atomic E-state index is -1.75. The van der Waals surface area contributed by atoms with Gasteiger partial charge in [-0.15, -0.1) is 0 Å². The van der Waals surface area contributed by atoms with Gasteiger partial charge in [0.25, 0.3) is 0 Å². The summed E-state index contributed by atoms with van der Waals surface area (Å²) in [5.41, 5.74) is 8.50. The third-order valence-electron chi connectivity index (χ3n) is 0. The van der Waals surface area contributed by atoms with Crippen molar-refractivity contribution < 1.29 is 15.0 Å². The second-order valence-electron chi connectivity index (χ2n) is 0.850. The summed E-state index contributed by atoms with van der Waals surface area (Å²) in [5.74, 6) is 0. The quantitative estimate of drug-likeness (QED) is 0.274. The van der Waals surface area contributed by atoms with Crippen molar-refractivity contribution in [3.8, 4) is 0 Å². The molecule has 0 atom stereocenters. The van der Waals surface area contributed by atoms with Crippen molar-refractivity contribution in [3.05, 3.63) is 30.6 Å². The van der Waals surface area contributed by atoms with Crippen LogP contribution in [0.5, 0.6) is 0 Å². The van der Waals surface area contributed by atoms with Crippen LogP contribution >= 0.6 is 0 Å². The number of nitrogens with two attached hydrogens (primary N) is 2. The summed E-state index contributed by atoms with van der Waals surface area (Å²) in [5, 5.41) is 29.5. The number of hydrogen-bond donors (Lipinski definition) is 2. The van der Waals surface area contributed by atoms with Crippen LogP contribution in [0.25, 0.3) is 0 Å². The van der Waals surface area contributed by atoms with Crippen LogP contribution in [0.2, 0.25) is 0 Å². The Balaban J connectivity index is -0.0000000450. The van der Waals surface area contributed by atoms with E-state index in [1.807, 2.05) is 0 Å². The average molecular weight is 391 g/mol.